The van der Waals surface area contributed by atoms with Crippen molar-refractivity contribution in [3.8, 4) is 5.69 Å². The standard InChI is InChI=1S/C21H30N6O2/c1-5-23-19(25-17-13-27(14-17)20(28)29-21(2,3)4)24-12-16-8-6-7-9-18(16)26-11-10-22-15-26/h6-11,15,17H,5,12-14H2,1-4H3,(H2,23,24,25). The van der Waals surface area contributed by atoms with Crippen molar-refractivity contribution in [2.75, 3.05) is 19.6 Å². The zero-order valence-corrected chi connectivity index (χ0v) is 17.6. The van der Waals surface area contributed by atoms with E-state index >= 15 is 0 Å². The molecule has 1 aliphatic rings. The SMILES string of the molecule is CCNC(=NCc1ccccc1-n1ccnc1)NC1CN(C(=O)OC(C)(C)C)C1. The van der Waals surface area contributed by atoms with E-state index in [0.717, 1.165) is 23.8 Å². The van der Waals surface area contributed by atoms with Crippen LogP contribution in [0.3, 0.4) is 0 Å². The number of ether oxygens (including phenoxy) is 1. The number of aromatic nitrogens is 2. The molecule has 0 spiro atoms. The van der Waals surface area contributed by atoms with Crippen LogP contribution in [-0.4, -0.2) is 57.8 Å². The van der Waals surface area contributed by atoms with Crippen molar-refractivity contribution < 1.29 is 9.53 Å². The summed E-state index contributed by atoms with van der Waals surface area (Å²) < 4.78 is 7.38. The molecule has 1 aromatic carbocycles. The lowest BCUT2D eigenvalue weighted by molar-refractivity contribution is 0.00701. The summed E-state index contributed by atoms with van der Waals surface area (Å²) in [7, 11) is 0. The summed E-state index contributed by atoms with van der Waals surface area (Å²) in [4.78, 5) is 22.6. The van der Waals surface area contributed by atoms with Crippen LogP contribution < -0.4 is 10.6 Å². The van der Waals surface area contributed by atoms with E-state index in [0.29, 0.717) is 19.6 Å². The molecule has 1 fully saturated rings. The van der Waals surface area contributed by atoms with Crippen LogP contribution in [0.15, 0.2) is 48.0 Å². The highest BCUT2D eigenvalue weighted by Gasteiger charge is 2.34. The quantitative estimate of drug-likeness (QED) is 0.597. The van der Waals surface area contributed by atoms with E-state index in [1.54, 1.807) is 17.4 Å². The number of guanidine groups is 1. The second kappa shape index (κ2) is 8.98. The molecule has 2 heterocycles. The summed E-state index contributed by atoms with van der Waals surface area (Å²) in [6, 6.07) is 8.29. The fourth-order valence-corrected chi connectivity index (χ4v) is 3.02. The van der Waals surface area contributed by atoms with E-state index in [1.165, 1.54) is 0 Å². The molecule has 0 bridgehead atoms. The molecular formula is C21H30N6O2. The molecule has 8 nitrogen and oxygen atoms in total. The number of carbonyl (C=O) groups is 1. The molecule has 8 heteroatoms. The first-order valence-corrected chi connectivity index (χ1v) is 9.94. The molecule has 3 rings (SSSR count). The lowest BCUT2D eigenvalue weighted by Gasteiger charge is -2.40. The number of likely N-dealkylation sites (tertiary alicyclic amines) is 1. The number of hydrogen-bond donors (Lipinski definition) is 2. The molecule has 2 aromatic rings. The third kappa shape index (κ3) is 5.73. The van der Waals surface area contributed by atoms with Gasteiger partial charge in [0.15, 0.2) is 5.96 Å². The Morgan fingerprint density at radius 1 is 1.31 bits per heavy atom. The Morgan fingerprint density at radius 2 is 2.07 bits per heavy atom. The third-order valence-corrected chi connectivity index (χ3v) is 4.40. The zero-order chi connectivity index (χ0) is 20.9. The lowest BCUT2D eigenvalue weighted by Crippen LogP contribution is -2.63. The van der Waals surface area contributed by atoms with Gasteiger partial charge in [-0.3, -0.25) is 0 Å². The first-order chi connectivity index (χ1) is 13.9. The van der Waals surface area contributed by atoms with Crippen LogP contribution in [0.2, 0.25) is 0 Å². The molecular weight excluding hydrogens is 368 g/mol. The summed E-state index contributed by atoms with van der Waals surface area (Å²) in [6.07, 6.45) is 5.20. The number of amides is 1. The zero-order valence-electron chi connectivity index (χ0n) is 17.6. The number of carbonyl (C=O) groups excluding carboxylic acids is 1. The first-order valence-electron chi connectivity index (χ1n) is 9.94. The molecule has 29 heavy (non-hydrogen) atoms. The van der Waals surface area contributed by atoms with Crippen molar-refractivity contribution in [2.45, 2.75) is 45.9 Å². The highest BCUT2D eigenvalue weighted by Crippen LogP contribution is 2.16. The van der Waals surface area contributed by atoms with Crippen molar-refractivity contribution in [1.82, 2.24) is 25.1 Å². The van der Waals surface area contributed by atoms with Crippen molar-refractivity contribution in [1.29, 1.82) is 0 Å². The van der Waals surface area contributed by atoms with Gasteiger partial charge >= 0.3 is 6.09 Å². The fraction of sp³-hybridized carbons (Fsp3) is 0.476. The van der Waals surface area contributed by atoms with Crippen molar-refractivity contribution >= 4 is 12.1 Å². The molecule has 0 radical (unpaired) electrons. The minimum Gasteiger partial charge on any atom is -0.444 e. The number of nitrogens with one attached hydrogen (secondary N) is 2. The summed E-state index contributed by atoms with van der Waals surface area (Å²) in [5, 5.41) is 6.67. The van der Waals surface area contributed by atoms with Gasteiger partial charge in [-0.1, -0.05) is 18.2 Å². The highest BCUT2D eigenvalue weighted by molar-refractivity contribution is 5.80. The maximum Gasteiger partial charge on any atom is 0.410 e. The molecule has 2 N–H and O–H groups in total. The Hall–Kier alpha value is -3.03. The third-order valence-electron chi connectivity index (χ3n) is 4.40. The average molecular weight is 399 g/mol. The van der Waals surface area contributed by atoms with E-state index in [2.05, 4.69) is 27.8 Å². The lowest BCUT2D eigenvalue weighted by atomic mass is 10.1. The van der Waals surface area contributed by atoms with Crippen molar-refractivity contribution in [3.63, 3.8) is 0 Å². The summed E-state index contributed by atoms with van der Waals surface area (Å²) in [5.41, 5.74) is 1.69. The average Bonchev–Trinajstić information content (AvgIpc) is 3.15. The topological polar surface area (TPSA) is 83.8 Å². The Labute approximate surface area is 172 Å². The number of aliphatic imine (C=N–C) groups is 1. The molecule has 156 valence electrons. The molecule has 1 saturated heterocycles. The van der Waals surface area contributed by atoms with Crippen molar-refractivity contribution in [2.24, 2.45) is 4.99 Å². The van der Waals surface area contributed by atoms with Gasteiger partial charge in [0.2, 0.25) is 0 Å². The largest absolute Gasteiger partial charge is 0.444 e. The monoisotopic (exact) mass is 398 g/mol. The number of imidazole rings is 1. The minimum atomic E-state index is -0.478. The smallest absolute Gasteiger partial charge is 0.410 e. The van der Waals surface area contributed by atoms with Gasteiger partial charge in [-0.15, -0.1) is 0 Å². The number of benzene rings is 1. The first kappa shape index (κ1) is 20.7. The van der Waals surface area contributed by atoms with E-state index in [-0.39, 0.29) is 12.1 Å². The second-order valence-electron chi connectivity index (χ2n) is 8.02. The Bertz CT molecular complexity index is 835. The number of nitrogens with zero attached hydrogens (tertiary/aromatic N) is 4. The highest BCUT2D eigenvalue weighted by atomic mass is 16.6. The van der Waals surface area contributed by atoms with Gasteiger partial charge in [-0.05, 0) is 39.3 Å². The van der Waals surface area contributed by atoms with E-state index in [1.807, 2.05) is 50.6 Å². The van der Waals surface area contributed by atoms with Gasteiger partial charge in [0, 0.05) is 32.0 Å². The molecule has 1 amide bonds. The molecule has 0 saturated carbocycles. The number of hydrogen-bond acceptors (Lipinski definition) is 4. The summed E-state index contributed by atoms with van der Waals surface area (Å²) in [6.45, 7) is 10.2. The summed E-state index contributed by atoms with van der Waals surface area (Å²) in [5.74, 6) is 0.738. The van der Waals surface area contributed by atoms with Gasteiger partial charge in [0.05, 0.1) is 24.6 Å². The Balaban J connectivity index is 1.59. The molecule has 1 aromatic heterocycles. The van der Waals surface area contributed by atoms with E-state index in [4.69, 9.17) is 9.73 Å². The van der Waals surface area contributed by atoms with Crippen LogP contribution in [-0.2, 0) is 11.3 Å². The number of para-hydroxylation sites is 1. The molecule has 0 unspecified atom stereocenters. The predicted molar refractivity (Wildman–Crippen MR) is 113 cm³/mol. The second-order valence-corrected chi connectivity index (χ2v) is 8.02. The predicted octanol–water partition coefficient (Wildman–Crippen LogP) is 2.55. The fourth-order valence-electron chi connectivity index (χ4n) is 3.02. The van der Waals surface area contributed by atoms with E-state index in [9.17, 15) is 4.79 Å². The maximum atomic E-state index is 12.1. The molecule has 0 aliphatic carbocycles. The van der Waals surface area contributed by atoms with Crippen LogP contribution in [0.1, 0.15) is 33.3 Å². The molecule has 1 aliphatic heterocycles. The van der Waals surface area contributed by atoms with Gasteiger partial charge in [-0.25, -0.2) is 14.8 Å². The summed E-state index contributed by atoms with van der Waals surface area (Å²) >= 11 is 0. The molecule has 0 atom stereocenters. The van der Waals surface area contributed by atoms with E-state index < -0.39 is 5.60 Å². The number of rotatable bonds is 5. The maximum absolute atomic E-state index is 12.1. The van der Waals surface area contributed by atoms with Gasteiger partial charge in [0.1, 0.15) is 5.60 Å². The van der Waals surface area contributed by atoms with Gasteiger partial charge < -0.3 is 24.8 Å². The Morgan fingerprint density at radius 3 is 2.72 bits per heavy atom. The normalized spacial score (nSPS) is 15.0. The Kier molecular flexibility index (Phi) is 6.41. The van der Waals surface area contributed by atoms with Crippen LogP contribution in [0.25, 0.3) is 5.69 Å². The van der Waals surface area contributed by atoms with Crippen LogP contribution in [0.4, 0.5) is 4.79 Å². The van der Waals surface area contributed by atoms with Gasteiger partial charge in [0.25, 0.3) is 0 Å². The van der Waals surface area contributed by atoms with Crippen LogP contribution in [0.5, 0.6) is 0 Å². The van der Waals surface area contributed by atoms with Crippen LogP contribution >= 0.6 is 0 Å². The van der Waals surface area contributed by atoms with Crippen molar-refractivity contribution in [3.05, 3.63) is 48.5 Å². The minimum absolute atomic E-state index is 0.157. The van der Waals surface area contributed by atoms with Gasteiger partial charge in [-0.2, -0.15) is 0 Å². The van der Waals surface area contributed by atoms with Crippen LogP contribution in [0, 0.1) is 0 Å².